The molecule has 21 heavy (non-hydrogen) atoms. The summed E-state index contributed by atoms with van der Waals surface area (Å²) in [5.41, 5.74) is 2.07. The highest BCUT2D eigenvalue weighted by molar-refractivity contribution is 5.71. The number of fused-ring (bicyclic) bond motifs is 1. The molecule has 2 atom stereocenters. The van der Waals surface area contributed by atoms with E-state index in [2.05, 4.69) is 4.90 Å². The molecule has 116 valence electrons. The Kier molecular flexibility index (Phi) is 5.20. The number of aliphatic hydroxyl groups excluding tert-OH is 1. The quantitative estimate of drug-likeness (QED) is 0.803. The molecule has 1 aliphatic rings. The van der Waals surface area contributed by atoms with Crippen LogP contribution in [0.4, 0.5) is 5.69 Å². The zero-order valence-corrected chi connectivity index (χ0v) is 12.5. The van der Waals surface area contributed by atoms with Gasteiger partial charge in [0.1, 0.15) is 0 Å². The molecule has 0 amide bonds. The number of hydrogen-bond acceptors (Lipinski definition) is 4. The lowest BCUT2D eigenvalue weighted by molar-refractivity contribution is -0.137. The monoisotopic (exact) mass is 293 g/mol. The molecule has 0 fully saturated rings. The molecule has 0 bridgehead atoms. The zero-order valence-electron chi connectivity index (χ0n) is 12.5. The van der Waals surface area contributed by atoms with Gasteiger partial charge in [0.2, 0.25) is 0 Å². The smallest absolute Gasteiger partial charge is 0.304 e. The molecule has 1 aromatic rings. The van der Waals surface area contributed by atoms with Crippen molar-refractivity contribution < 1.29 is 19.7 Å². The third-order valence-electron chi connectivity index (χ3n) is 3.63. The Morgan fingerprint density at radius 1 is 1.43 bits per heavy atom. The van der Waals surface area contributed by atoms with E-state index in [1.54, 1.807) is 0 Å². The van der Waals surface area contributed by atoms with Gasteiger partial charge in [0.25, 0.3) is 0 Å². The molecule has 5 nitrogen and oxygen atoms in total. The van der Waals surface area contributed by atoms with Crippen molar-refractivity contribution in [2.24, 2.45) is 0 Å². The molecule has 1 aliphatic heterocycles. The second-order valence-electron chi connectivity index (χ2n) is 5.79. The van der Waals surface area contributed by atoms with Gasteiger partial charge in [0.05, 0.1) is 25.2 Å². The molecule has 0 radical (unpaired) electrons. The average molecular weight is 293 g/mol. The number of hydrogen-bond donors (Lipinski definition) is 2. The topological polar surface area (TPSA) is 70.0 Å². The highest BCUT2D eigenvalue weighted by Gasteiger charge is 2.30. The molecule has 1 heterocycles. The SMILES string of the molecule is CC(C)OCC(O)CN1CC(CC(=O)O)c2ccccc21. The minimum Gasteiger partial charge on any atom is -0.481 e. The first-order chi connectivity index (χ1) is 9.97. The van der Waals surface area contributed by atoms with Gasteiger partial charge in [-0.2, -0.15) is 0 Å². The number of carboxylic acid groups (broad SMARTS) is 1. The van der Waals surface area contributed by atoms with Gasteiger partial charge in [-0.25, -0.2) is 0 Å². The van der Waals surface area contributed by atoms with Gasteiger partial charge >= 0.3 is 5.97 Å². The van der Waals surface area contributed by atoms with E-state index in [0.29, 0.717) is 19.7 Å². The normalized spacial score (nSPS) is 18.9. The maximum atomic E-state index is 11.0. The molecule has 0 aromatic heterocycles. The van der Waals surface area contributed by atoms with E-state index in [1.165, 1.54) is 0 Å². The van der Waals surface area contributed by atoms with Crippen LogP contribution in [0, 0.1) is 0 Å². The Labute approximate surface area is 125 Å². The maximum Gasteiger partial charge on any atom is 0.304 e. The summed E-state index contributed by atoms with van der Waals surface area (Å²) >= 11 is 0. The third-order valence-corrected chi connectivity index (χ3v) is 3.63. The molecule has 0 spiro atoms. The lowest BCUT2D eigenvalue weighted by Gasteiger charge is -2.23. The van der Waals surface area contributed by atoms with Crippen molar-refractivity contribution >= 4 is 11.7 Å². The zero-order chi connectivity index (χ0) is 15.4. The van der Waals surface area contributed by atoms with Crippen molar-refractivity contribution in [1.29, 1.82) is 0 Å². The second-order valence-corrected chi connectivity index (χ2v) is 5.79. The van der Waals surface area contributed by atoms with Gasteiger partial charge in [-0.15, -0.1) is 0 Å². The van der Waals surface area contributed by atoms with Crippen LogP contribution in [0.15, 0.2) is 24.3 Å². The Hall–Kier alpha value is -1.59. The molecule has 2 N–H and O–H groups in total. The minimum atomic E-state index is -0.791. The summed E-state index contributed by atoms with van der Waals surface area (Å²) in [5, 5.41) is 19.1. The van der Waals surface area contributed by atoms with E-state index in [4.69, 9.17) is 9.84 Å². The van der Waals surface area contributed by atoms with E-state index in [1.807, 2.05) is 38.1 Å². The summed E-state index contributed by atoms with van der Waals surface area (Å²) in [7, 11) is 0. The summed E-state index contributed by atoms with van der Waals surface area (Å²) in [6, 6.07) is 7.81. The van der Waals surface area contributed by atoms with Gasteiger partial charge in [0.15, 0.2) is 0 Å². The number of ether oxygens (including phenoxy) is 1. The Bertz CT molecular complexity index is 489. The van der Waals surface area contributed by atoms with Gasteiger partial charge in [0, 0.05) is 24.7 Å². The number of aliphatic hydroxyl groups is 1. The van der Waals surface area contributed by atoms with Crippen molar-refractivity contribution in [3.63, 3.8) is 0 Å². The van der Waals surface area contributed by atoms with Gasteiger partial charge in [-0.1, -0.05) is 18.2 Å². The van der Waals surface area contributed by atoms with Crippen LogP contribution in [0.2, 0.25) is 0 Å². The number of carboxylic acids is 1. The van der Waals surface area contributed by atoms with Crippen LogP contribution < -0.4 is 4.90 Å². The fraction of sp³-hybridized carbons (Fsp3) is 0.562. The number of β-amino-alcohol motifs (C(OH)–C–C–N with tert-alkyl or cyclic N) is 1. The molecule has 0 aliphatic carbocycles. The van der Waals surface area contributed by atoms with E-state index in [-0.39, 0.29) is 18.4 Å². The van der Waals surface area contributed by atoms with Crippen molar-refractivity contribution in [3.8, 4) is 0 Å². The van der Waals surface area contributed by atoms with E-state index in [9.17, 15) is 9.90 Å². The van der Waals surface area contributed by atoms with E-state index in [0.717, 1.165) is 11.3 Å². The molecule has 2 rings (SSSR count). The fourth-order valence-corrected chi connectivity index (χ4v) is 2.75. The molecule has 0 saturated carbocycles. The van der Waals surface area contributed by atoms with Crippen molar-refractivity contribution in [1.82, 2.24) is 0 Å². The summed E-state index contributed by atoms with van der Waals surface area (Å²) in [4.78, 5) is 13.0. The van der Waals surface area contributed by atoms with E-state index < -0.39 is 12.1 Å². The highest BCUT2D eigenvalue weighted by atomic mass is 16.5. The van der Waals surface area contributed by atoms with E-state index >= 15 is 0 Å². The van der Waals surface area contributed by atoms with Crippen LogP contribution in [0.5, 0.6) is 0 Å². The van der Waals surface area contributed by atoms with Crippen LogP contribution in [-0.2, 0) is 9.53 Å². The van der Waals surface area contributed by atoms with Crippen LogP contribution in [0.25, 0.3) is 0 Å². The van der Waals surface area contributed by atoms with Crippen molar-refractivity contribution in [2.45, 2.75) is 38.4 Å². The number of anilines is 1. The lowest BCUT2D eigenvalue weighted by atomic mass is 9.98. The average Bonchev–Trinajstić information content (AvgIpc) is 2.74. The lowest BCUT2D eigenvalue weighted by Crippen LogP contribution is -2.35. The van der Waals surface area contributed by atoms with Gasteiger partial charge in [-0.3, -0.25) is 4.79 Å². The number of aliphatic carboxylic acids is 1. The first-order valence-corrected chi connectivity index (χ1v) is 7.32. The summed E-state index contributed by atoms with van der Waals surface area (Å²) in [6.07, 6.45) is -0.374. The van der Waals surface area contributed by atoms with Crippen LogP contribution in [0.1, 0.15) is 31.7 Å². The second kappa shape index (κ2) is 6.91. The number of benzene rings is 1. The van der Waals surface area contributed by atoms with Gasteiger partial charge in [-0.05, 0) is 25.5 Å². The first-order valence-electron chi connectivity index (χ1n) is 7.32. The van der Waals surface area contributed by atoms with Crippen LogP contribution in [0.3, 0.4) is 0 Å². The molecule has 2 unspecified atom stereocenters. The maximum absolute atomic E-state index is 11.0. The first kappa shape index (κ1) is 15.8. The number of rotatable bonds is 7. The molecular formula is C16H23NO4. The molecule has 1 aromatic carbocycles. The number of carbonyl (C=O) groups is 1. The molecular weight excluding hydrogens is 270 g/mol. The molecule has 0 saturated heterocycles. The predicted molar refractivity (Wildman–Crippen MR) is 80.7 cm³/mol. The van der Waals surface area contributed by atoms with Crippen molar-refractivity contribution in [3.05, 3.63) is 29.8 Å². The number of para-hydroxylation sites is 1. The summed E-state index contributed by atoms with van der Waals surface area (Å²) < 4.78 is 5.42. The predicted octanol–water partition coefficient (Wildman–Crippen LogP) is 1.85. The summed E-state index contributed by atoms with van der Waals surface area (Å²) in [6.45, 7) is 5.24. The van der Waals surface area contributed by atoms with Crippen LogP contribution in [-0.4, -0.2) is 48.1 Å². The Morgan fingerprint density at radius 2 is 2.14 bits per heavy atom. The summed E-state index contributed by atoms with van der Waals surface area (Å²) in [5.74, 6) is -0.808. The van der Waals surface area contributed by atoms with Crippen LogP contribution >= 0.6 is 0 Å². The molecule has 5 heteroatoms. The van der Waals surface area contributed by atoms with Gasteiger partial charge < -0.3 is 19.8 Å². The Morgan fingerprint density at radius 3 is 2.81 bits per heavy atom. The largest absolute Gasteiger partial charge is 0.481 e. The minimum absolute atomic E-state index is 0.0167. The highest BCUT2D eigenvalue weighted by Crippen LogP contribution is 2.37. The Balaban J connectivity index is 2.03. The standard InChI is InChI=1S/C16H23NO4/c1-11(2)21-10-13(18)9-17-8-12(7-16(19)20)14-5-3-4-6-15(14)17/h3-6,11-13,18H,7-10H2,1-2H3,(H,19,20). The number of nitrogens with zero attached hydrogens (tertiary/aromatic N) is 1. The van der Waals surface area contributed by atoms with Crippen molar-refractivity contribution in [2.75, 3.05) is 24.6 Å². The third kappa shape index (κ3) is 4.19. The fourth-order valence-electron chi connectivity index (χ4n) is 2.75.